The Morgan fingerprint density at radius 2 is 2.00 bits per heavy atom. The Bertz CT molecular complexity index is 1190. The third-order valence-corrected chi connectivity index (χ3v) is 6.71. The zero-order chi connectivity index (χ0) is 22.7. The van der Waals surface area contributed by atoms with Crippen LogP contribution in [0.4, 0.5) is 5.69 Å². The predicted octanol–water partition coefficient (Wildman–Crippen LogP) is 4.15. The van der Waals surface area contributed by atoms with Gasteiger partial charge in [-0.25, -0.2) is 9.78 Å². The number of carbonyl (C=O) groups excluding carboxylic acids is 2. The first-order valence-electron chi connectivity index (χ1n) is 10.9. The van der Waals surface area contributed by atoms with E-state index in [0.29, 0.717) is 21.9 Å². The standard InChI is InChI=1S/C23H26N4O4S/c1-14(2)21-26-27-19(28)12-18(25-23(27)32-21)13-31-22(30)16-9-6-10-17(11-16)24-20(29)15-7-4-3-5-8-15/h6,9-12,14-15H,3-5,7-8,13H2,1-2H3,(H,24,29). The van der Waals surface area contributed by atoms with Gasteiger partial charge in [0.1, 0.15) is 11.6 Å². The average molecular weight is 455 g/mol. The molecule has 1 fully saturated rings. The van der Waals surface area contributed by atoms with E-state index < -0.39 is 5.97 Å². The van der Waals surface area contributed by atoms with Crippen LogP contribution in [-0.4, -0.2) is 26.5 Å². The van der Waals surface area contributed by atoms with Gasteiger partial charge in [-0.1, -0.05) is 50.5 Å². The SMILES string of the molecule is CC(C)c1nn2c(=O)cc(COC(=O)c3cccc(NC(=O)C4CCCCC4)c3)nc2s1. The summed E-state index contributed by atoms with van der Waals surface area (Å²) < 4.78 is 6.64. The van der Waals surface area contributed by atoms with Crippen molar-refractivity contribution in [2.75, 3.05) is 5.32 Å². The smallest absolute Gasteiger partial charge is 0.338 e. The van der Waals surface area contributed by atoms with Crippen LogP contribution in [0.3, 0.4) is 0 Å². The Balaban J connectivity index is 1.41. The highest BCUT2D eigenvalue weighted by Gasteiger charge is 2.21. The molecule has 2 heterocycles. The van der Waals surface area contributed by atoms with Gasteiger partial charge in [-0.05, 0) is 31.0 Å². The van der Waals surface area contributed by atoms with Crippen LogP contribution in [0.2, 0.25) is 0 Å². The number of benzene rings is 1. The summed E-state index contributed by atoms with van der Waals surface area (Å²) >= 11 is 1.34. The number of amides is 1. The fraction of sp³-hybridized carbons (Fsp3) is 0.435. The number of hydrogen-bond donors (Lipinski definition) is 1. The number of hydrogen-bond acceptors (Lipinski definition) is 7. The normalized spacial score (nSPS) is 14.6. The summed E-state index contributed by atoms with van der Waals surface area (Å²) in [6.45, 7) is 3.87. The molecule has 3 aromatic rings. The zero-order valence-electron chi connectivity index (χ0n) is 18.2. The highest BCUT2D eigenvalue weighted by molar-refractivity contribution is 7.16. The van der Waals surface area contributed by atoms with E-state index in [9.17, 15) is 14.4 Å². The van der Waals surface area contributed by atoms with Crippen LogP contribution in [-0.2, 0) is 16.1 Å². The van der Waals surface area contributed by atoms with Crippen LogP contribution in [0.15, 0.2) is 35.1 Å². The first-order chi connectivity index (χ1) is 15.4. The number of nitrogens with zero attached hydrogens (tertiary/aromatic N) is 3. The number of carbonyl (C=O) groups is 2. The summed E-state index contributed by atoms with van der Waals surface area (Å²) in [5, 5.41) is 8.01. The predicted molar refractivity (Wildman–Crippen MR) is 122 cm³/mol. The minimum absolute atomic E-state index is 0.00137. The van der Waals surface area contributed by atoms with Crippen LogP contribution < -0.4 is 10.9 Å². The maximum Gasteiger partial charge on any atom is 0.338 e. The summed E-state index contributed by atoms with van der Waals surface area (Å²) in [5.74, 6) is -0.331. The van der Waals surface area contributed by atoms with Crippen molar-refractivity contribution in [3.8, 4) is 0 Å². The lowest BCUT2D eigenvalue weighted by atomic mass is 9.88. The second kappa shape index (κ2) is 9.60. The van der Waals surface area contributed by atoms with Crippen LogP contribution in [0.5, 0.6) is 0 Å². The molecule has 0 saturated heterocycles. The van der Waals surface area contributed by atoms with Crippen molar-refractivity contribution in [3.05, 3.63) is 57.0 Å². The Morgan fingerprint density at radius 3 is 2.75 bits per heavy atom. The van der Waals surface area contributed by atoms with E-state index in [-0.39, 0.29) is 29.9 Å². The van der Waals surface area contributed by atoms with E-state index in [1.807, 2.05) is 13.8 Å². The molecule has 1 aliphatic rings. The quantitative estimate of drug-likeness (QED) is 0.561. The Morgan fingerprint density at radius 1 is 1.22 bits per heavy atom. The maximum absolute atomic E-state index is 12.5. The van der Waals surface area contributed by atoms with Crippen molar-refractivity contribution in [2.45, 2.75) is 58.5 Å². The van der Waals surface area contributed by atoms with Crippen LogP contribution >= 0.6 is 11.3 Å². The highest BCUT2D eigenvalue weighted by Crippen LogP contribution is 2.25. The van der Waals surface area contributed by atoms with Crippen LogP contribution in [0, 0.1) is 5.92 Å². The molecule has 0 radical (unpaired) electrons. The second-order valence-corrected chi connectivity index (χ2v) is 9.34. The summed E-state index contributed by atoms with van der Waals surface area (Å²) in [4.78, 5) is 42.2. The molecule has 1 aromatic carbocycles. The van der Waals surface area contributed by atoms with Crippen molar-refractivity contribution >= 4 is 33.9 Å². The lowest BCUT2D eigenvalue weighted by Crippen LogP contribution is -2.24. The molecule has 0 atom stereocenters. The molecule has 8 nitrogen and oxygen atoms in total. The molecule has 1 amide bonds. The van der Waals surface area contributed by atoms with E-state index in [1.165, 1.54) is 28.3 Å². The average Bonchev–Trinajstić information content (AvgIpc) is 3.23. The third-order valence-electron chi connectivity index (χ3n) is 5.50. The molecule has 4 rings (SSSR count). The van der Waals surface area contributed by atoms with E-state index in [2.05, 4.69) is 15.4 Å². The number of fused-ring (bicyclic) bond motifs is 1. The molecule has 0 aliphatic heterocycles. The Hall–Kier alpha value is -3.07. The van der Waals surface area contributed by atoms with E-state index in [4.69, 9.17) is 4.74 Å². The zero-order valence-corrected chi connectivity index (χ0v) is 19.0. The molecule has 1 N–H and O–H groups in total. The Kier molecular flexibility index (Phi) is 6.64. The minimum atomic E-state index is -0.548. The first-order valence-corrected chi connectivity index (χ1v) is 11.7. The molecule has 2 aromatic heterocycles. The van der Waals surface area contributed by atoms with Crippen molar-refractivity contribution in [1.82, 2.24) is 14.6 Å². The fourth-order valence-electron chi connectivity index (χ4n) is 3.73. The Labute approximate surface area is 189 Å². The molecule has 1 aliphatic carbocycles. The number of aromatic nitrogens is 3. The van der Waals surface area contributed by atoms with Gasteiger partial charge in [-0.2, -0.15) is 9.61 Å². The number of rotatable bonds is 6. The molecule has 9 heteroatoms. The van der Waals surface area contributed by atoms with E-state index >= 15 is 0 Å². The first kappa shape index (κ1) is 22.1. The monoisotopic (exact) mass is 454 g/mol. The van der Waals surface area contributed by atoms with Gasteiger partial charge in [0.2, 0.25) is 10.9 Å². The molecule has 32 heavy (non-hydrogen) atoms. The summed E-state index contributed by atoms with van der Waals surface area (Å²) in [7, 11) is 0. The number of anilines is 1. The van der Waals surface area contributed by atoms with E-state index in [0.717, 1.165) is 30.7 Å². The highest BCUT2D eigenvalue weighted by atomic mass is 32.1. The second-order valence-electron chi connectivity index (χ2n) is 8.36. The van der Waals surface area contributed by atoms with Gasteiger partial charge in [0.15, 0.2) is 0 Å². The fourth-order valence-corrected chi connectivity index (χ4v) is 4.66. The summed E-state index contributed by atoms with van der Waals surface area (Å²) in [5.41, 5.74) is 0.948. The molecule has 1 saturated carbocycles. The van der Waals surface area contributed by atoms with Gasteiger partial charge in [-0.3, -0.25) is 9.59 Å². The maximum atomic E-state index is 12.5. The van der Waals surface area contributed by atoms with E-state index in [1.54, 1.807) is 24.3 Å². The molecule has 0 bridgehead atoms. The van der Waals surface area contributed by atoms with Gasteiger partial charge >= 0.3 is 5.97 Å². The number of ether oxygens (including phenoxy) is 1. The molecular formula is C23H26N4O4S. The van der Waals surface area contributed by atoms with Crippen LogP contribution in [0.25, 0.3) is 4.96 Å². The summed E-state index contributed by atoms with van der Waals surface area (Å²) in [6.07, 6.45) is 5.15. The molecule has 168 valence electrons. The van der Waals surface area contributed by atoms with Gasteiger partial charge in [-0.15, -0.1) is 0 Å². The van der Waals surface area contributed by atoms with Gasteiger partial charge in [0.05, 0.1) is 11.3 Å². The molecule has 0 unspecified atom stereocenters. The summed E-state index contributed by atoms with van der Waals surface area (Å²) in [6, 6.07) is 8.01. The van der Waals surface area contributed by atoms with Gasteiger partial charge in [0, 0.05) is 23.6 Å². The largest absolute Gasteiger partial charge is 0.456 e. The molecule has 0 spiro atoms. The third kappa shape index (κ3) is 5.04. The number of nitrogens with one attached hydrogen (secondary N) is 1. The number of esters is 1. The van der Waals surface area contributed by atoms with Crippen molar-refractivity contribution in [3.63, 3.8) is 0 Å². The van der Waals surface area contributed by atoms with Crippen LogP contribution in [0.1, 0.15) is 72.9 Å². The lowest BCUT2D eigenvalue weighted by molar-refractivity contribution is -0.120. The topological polar surface area (TPSA) is 103 Å². The minimum Gasteiger partial charge on any atom is -0.456 e. The van der Waals surface area contributed by atoms with Gasteiger partial charge in [0.25, 0.3) is 5.56 Å². The van der Waals surface area contributed by atoms with Crippen molar-refractivity contribution < 1.29 is 14.3 Å². The lowest BCUT2D eigenvalue weighted by Gasteiger charge is -2.20. The molecular weight excluding hydrogens is 428 g/mol. The van der Waals surface area contributed by atoms with Crippen molar-refractivity contribution in [2.24, 2.45) is 5.92 Å². The van der Waals surface area contributed by atoms with Crippen molar-refractivity contribution in [1.29, 1.82) is 0 Å². The van der Waals surface area contributed by atoms with Gasteiger partial charge < -0.3 is 10.1 Å².